The molecule has 0 fully saturated rings. The molecule has 0 spiro atoms. The largest absolute Gasteiger partial charge is 0.0984 e. The first kappa shape index (κ1) is 9.53. The molecule has 0 atom stereocenters. The van der Waals surface area contributed by atoms with Crippen molar-refractivity contribution in [3.63, 3.8) is 0 Å². The van der Waals surface area contributed by atoms with Crippen LogP contribution in [0.15, 0.2) is 49.0 Å². The second kappa shape index (κ2) is 3.90. The van der Waals surface area contributed by atoms with Gasteiger partial charge in [0.25, 0.3) is 0 Å². The Bertz CT molecular complexity index is 408. The molecule has 0 saturated carbocycles. The van der Waals surface area contributed by atoms with E-state index in [2.05, 4.69) is 49.0 Å². The standard InChI is InChI=1S/C12H10.CH4/c1-2-10-7-5-8-11-6-3-4-9-12(10)11;/h2-9H,1H2;1H4. The van der Waals surface area contributed by atoms with Gasteiger partial charge < -0.3 is 0 Å². The minimum atomic E-state index is 0. The van der Waals surface area contributed by atoms with E-state index in [1.54, 1.807) is 0 Å². The van der Waals surface area contributed by atoms with Crippen molar-refractivity contribution in [2.75, 3.05) is 0 Å². The van der Waals surface area contributed by atoms with Crippen LogP contribution < -0.4 is 0 Å². The molecule has 0 aliphatic heterocycles. The van der Waals surface area contributed by atoms with Crippen molar-refractivity contribution in [1.29, 1.82) is 0 Å². The van der Waals surface area contributed by atoms with Gasteiger partial charge >= 0.3 is 0 Å². The number of hydrogen-bond donors (Lipinski definition) is 0. The van der Waals surface area contributed by atoms with E-state index < -0.39 is 0 Å². The van der Waals surface area contributed by atoms with Gasteiger partial charge in [0.1, 0.15) is 0 Å². The van der Waals surface area contributed by atoms with Gasteiger partial charge in [-0.05, 0) is 16.3 Å². The first-order chi connectivity index (χ1) is 5.92. The lowest BCUT2D eigenvalue weighted by Gasteiger charge is -1.99. The van der Waals surface area contributed by atoms with E-state index in [9.17, 15) is 0 Å². The van der Waals surface area contributed by atoms with Crippen molar-refractivity contribution in [1.82, 2.24) is 0 Å². The Balaban J connectivity index is 0.000000845. The van der Waals surface area contributed by atoms with Gasteiger partial charge in [-0.3, -0.25) is 0 Å². The summed E-state index contributed by atoms with van der Waals surface area (Å²) < 4.78 is 0. The summed E-state index contributed by atoms with van der Waals surface area (Å²) in [5.74, 6) is 0. The second-order valence-corrected chi connectivity index (χ2v) is 2.77. The molecule has 0 unspecified atom stereocenters. The molecule has 66 valence electrons. The summed E-state index contributed by atoms with van der Waals surface area (Å²) in [4.78, 5) is 0. The molecule has 13 heavy (non-hydrogen) atoms. The fourth-order valence-corrected chi connectivity index (χ4v) is 1.43. The third-order valence-electron chi connectivity index (χ3n) is 2.04. The third kappa shape index (κ3) is 1.62. The maximum Gasteiger partial charge on any atom is -0.0112 e. The van der Waals surface area contributed by atoms with Crippen molar-refractivity contribution >= 4 is 16.8 Å². The van der Waals surface area contributed by atoms with E-state index >= 15 is 0 Å². The van der Waals surface area contributed by atoms with E-state index in [0.717, 1.165) is 0 Å². The Kier molecular flexibility index (Phi) is 2.86. The molecule has 0 N–H and O–H groups in total. The van der Waals surface area contributed by atoms with Crippen LogP contribution in [0.1, 0.15) is 13.0 Å². The molecule has 0 heteroatoms. The predicted octanol–water partition coefficient (Wildman–Crippen LogP) is 4.12. The normalized spacial score (nSPS) is 9.23. The summed E-state index contributed by atoms with van der Waals surface area (Å²) in [6.45, 7) is 3.78. The minimum Gasteiger partial charge on any atom is -0.0984 e. The maximum absolute atomic E-state index is 3.78. The zero-order chi connectivity index (χ0) is 8.39. The Labute approximate surface area is 79.5 Å². The Hall–Kier alpha value is -1.56. The van der Waals surface area contributed by atoms with Crippen LogP contribution >= 0.6 is 0 Å². The summed E-state index contributed by atoms with van der Waals surface area (Å²) in [7, 11) is 0. The zero-order valence-corrected chi connectivity index (χ0v) is 6.83. The molecule has 0 nitrogen and oxygen atoms in total. The molecule has 0 amide bonds. The molecule has 0 heterocycles. The lowest BCUT2D eigenvalue weighted by atomic mass is 10.1. The van der Waals surface area contributed by atoms with E-state index in [0.29, 0.717) is 0 Å². The molecule has 0 aliphatic carbocycles. The smallest absolute Gasteiger partial charge is 0.0112 e. The first-order valence-corrected chi connectivity index (χ1v) is 4.02. The van der Waals surface area contributed by atoms with Crippen molar-refractivity contribution in [2.45, 2.75) is 7.43 Å². The molecule has 2 aromatic rings. The summed E-state index contributed by atoms with van der Waals surface area (Å²) in [6, 6.07) is 14.6. The van der Waals surface area contributed by atoms with Gasteiger partial charge in [0.05, 0.1) is 0 Å². The maximum atomic E-state index is 3.78. The van der Waals surface area contributed by atoms with Gasteiger partial charge in [-0.1, -0.05) is 62.5 Å². The topological polar surface area (TPSA) is 0 Å². The van der Waals surface area contributed by atoms with Crippen molar-refractivity contribution in [2.24, 2.45) is 0 Å². The number of fused-ring (bicyclic) bond motifs is 1. The Morgan fingerprint density at radius 1 is 0.923 bits per heavy atom. The van der Waals surface area contributed by atoms with Gasteiger partial charge in [-0.2, -0.15) is 0 Å². The average Bonchev–Trinajstić information content (AvgIpc) is 2.17. The zero-order valence-electron chi connectivity index (χ0n) is 6.83. The first-order valence-electron chi connectivity index (χ1n) is 4.02. The molecule has 0 aliphatic rings. The SMILES string of the molecule is C.C=Cc1cccc2ccccc12. The lowest BCUT2D eigenvalue weighted by Crippen LogP contribution is -1.75. The average molecular weight is 170 g/mol. The third-order valence-corrected chi connectivity index (χ3v) is 2.04. The van der Waals surface area contributed by atoms with Gasteiger partial charge in [-0.25, -0.2) is 0 Å². The van der Waals surface area contributed by atoms with Crippen LogP contribution in [0.5, 0.6) is 0 Å². The predicted molar refractivity (Wildman–Crippen MR) is 60.8 cm³/mol. The Morgan fingerprint density at radius 3 is 2.38 bits per heavy atom. The minimum absolute atomic E-state index is 0. The quantitative estimate of drug-likeness (QED) is 0.604. The van der Waals surface area contributed by atoms with Gasteiger partial charge in [0.2, 0.25) is 0 Å². The summed E-state index contributed by atoms with van der Waals surface area (Å²) >= 11 is 0. The fraction of sp³-hybridized carbons (Fsp3) is 0.0769. The summed E-state index contributed by atoms with van der Waals surface area (Å²) in [5.41, 5.74) is 1.20. The molecule has 0 radical (unpaired) electrons. The van der Waals surface area contributed by atoms with Crippen LogP contribution in [0, 0.1) is 0 Å². The van der Waals surface area contributed by atoms with Gasteiger partial charge in [0, 0.05) is 0 Å². The van der Waals surface area contributed by atoms with Crippen molar-refractivity contribution in [3.8, 4) is 0 Å². The molecular formula is C13H14. The number of hydrogen-bond acceptors (Lipinski definition) is 0. The molecule has 2 aromatic carbocycles. The highest BCUT2D eigenvalue weighted by Crippen LogP contribution is 2.18. The van der Waals surface area contributed by atoms with Crippen LogP contribution in [0.25, 0.3) is 16.8 Å². The second-order valence-electron chi connectivity index (χ2n) is 2.77. The van der Waals surface area contributed by atoms with Gasteiger partial charge in [0.15, 0.2) is 0 Å². The van der Waals surface area contributed by atoms with E-state index in [-0.39, 0.29) is 7.43 Å². The van der Waals surface area contributed by atoms with Gasteiger partial charge in [-0.15, -0.1) is 0 Å². The van der Waals surface area contributed by atoms with Crippen LogP contribution in [0.4, 0.5) is 0 Å². The lowest BCUT2D eigenvalue weighted by molar-refractivity contribution is 1.72. The van der Waals surface area contributed by atoms with Crippen LogP contribution in [0.3, 0.4) is 0 Å². The number of benzene rings is 2. The van der Waals surface area contributed by atoms with Crippen molar-refractivity contribution < 1.29 is 0 Å². The molecule has 0 bridgehead atoms. The highest BCUT2D eigenvalue weighted by molar-refractivity contribution is 5.90. The van der Waals surface area contributed by atoms with E-state index in [1.165, 1.54) is 16.3 Å². The van der Waals surface area contributed by atoms with E-state index in [1.807, 2.05) is 6.08 Å². The fourth-order valence-electron chi connectivity index (χ4n) is 1.43. The summed E-state index contributed by atoms with van der Waals surface area (Å²) in [6.07, 6.45) is 1.89. The van der Waals surface area contributed by atoms with Crippen molar-refractivity contribution in [3.05, 3.63) is 54.6 Å². The van der Waals surface area contributed by atoms with Crippen LogP contribution in [0.2, 0.25) is 0 Å². The monoisotopic (exact) mass is 170 g/mol. The van der Waals surface area contributed by atoms with E-state index in [4.69, 9.17) is 0 Å². The van der Waals surface area contributed by atoms with Crippen LogP contribution in [-0.2, 0) is 0 Å². The summed E-state index contributed by atoms with van der Waals surface area (Å²) in [5, 5.41) is 2.55. The highest BCUT2D eigenvalue weighted by atomic mass is 14.0. The molecule has 0 aromatic heterocycles. The molecule has 2 rings (SSSR count). The highest BCUT2D eigenvalue weighted by Gasteiger charge is 1.93. The number of rotatable bonds is 1. The van der Waals surface area contributed by atoms with Crippen LogP contribution in [-0.4, -0.2) is 0 Å². The molecule has 0 saturated heterocycles. The Morgan fingerprint density at radius 2 is 1.62 bits per heavy atom. The molecular weight excluding hydrogens is 156 g/mol.